The molecule has 1 saturated heterocycles. The number of hydrogen-bond donors (Lipinski definition) is 1. The van der Waals surface area contributed by atoms with Gasteiger partial charge in [0.15, 0.2) is 5.82 Å². The van der Waals surface area contributed by atoms with E-state index in [0.717, 1.165) is 12.8 Å². The molecular weight excluding hydrogens is 170 g/mol. The smallest absolute Gasteiger partial charge is 0.255 e. The molecule has 0 spiro atoms. The summed E-state index contributed by atoms with van der Waals surface area (Å²) in [4.78, 5) is 4.12. The monoisotopic (exact) mass is 183 g/mol. The van der Waals surface area contributed by atoms with Crippen molar-refractivity contribution < 1.29 is 9.26 Å². The molecule has 0 saturated carbocycles. The van der Waals surface area contributed by atoms with Crippen LogP contribution < -0.4 is 5.73 Å². The van der Waals surface area contributed by atoms with Gasteiger partial charge in [-0.2, -0.15) is 4.98 Å². The number of nitrogens with zero attached hydrogens (tertiary/aromatic N) is 2. The highest BCUT2D eigenvalue weighted by molar-refractivity contribution is 4.91. The predicted octanol–water partition coefficient (Wildman–Crippen LogP) is 0.557. The summed E-state index contributed by atoms with van der Waals surface area (Å²) in [6, 6.07) is 0. The van der Waals surface area contributed by atoms with E-state index in [4.69, 9.17) is 15.0 Å². The molecule has 0 radical (unpaired) electrons. The molecule has 1 aromatic rings. The van der Waals surface area contributed by atoms with Crippen LogP contribution in [0.5, 0.6) is 0 Å². The summed E-state index contributed by atoms with van der Waals surface area (Å²) in [7, 11) is 0. The lowest BCUT2D eigenvalue weighted by molar-refractivity contribution is 0.0307. The first-order valence-electron chi connectivity index (χ1n) is 4.45. The topological polar surface area (TPSA) is 74.2 Å². The van der Waals surface area contributed by atoms with Crippen molar-refractivity contribution in [1.29, 1.82) is 0 Å². The third-order valence-electron chi connectivity index (χ3n) is 2.19. The van der Waals surface area contributed by atoms with Crippen LogP contribution in [0, 0.1) is 6.92 Å². The van der Waals surface area contributed by atoms with Crippen molar-refractivity contribution in [3.8, 4) is 0 Å². The van der Waals surface area contributed by atoms with Crippen molar-refractivity contribution in [2.24, 2.45) is 5.73 Å². The van der Waals surface area contributed by atoms with E-state index in [1.54, 1.807) is 6.92 Å². The van der Waals surface area contributed by atoms with Gasteiger partial charge in [-0.05, 0) is 19.8 Å². The Bertz CT molecular complexity index is 287. The average molecular weight is 183 g/mol. The molecule has 1 aliphatic rings. The van der Waals surface area contributed by atoms with Crippen LogP contribution in [-0.4, -0.2) is 22.8 Å². The third kappa shape index (κ3) is 1.71. The van der Waals surface area contributed by atoms with Gasteiger partial charge in [0, 0.05) is 6.54 Å². The summed E-state index contributed by atoms with van der Waals surface area (Å²) >= 11 is 0. The maximum Gasteiger partial charge on any atom is 0.255 e. The minimum atomic E-state index is -0.0465. The second-order valence-electron chi connectivity index (χ2n) is 3.24. The molecule has 5 heteroatoms. The van der Waals surface area contributed by atoms with Gasteiger partial charge in [0.1, 0.15) is 6.10 Å². The van der Waals surface area contributed by atoms with Crippen LogP contribution in [-0.2, 0) is 4.74 Å². The van der Waals surface area contributed by atoms with Gasteiger partial charge >= 0.3 is 0 Å². The Morgan fingerprint density at radius 2 is 2.38 bits per heavy atom. The molecule has 72 valence electrons. The fourth-order valence-electron chi connectivity index (χ4n) is 1.50. The molecule has 0 aliphatic carbocycles. The number of nitrogens with two attached hydrogens (primary N) is 1. The molecule has 13 heavy (non-hydrogen) atoms. The predicted molar refractivity (Wildman–Crippen MR) is 44.9 cm³/mol. The van der Waals surface area contributed by atoms with Gasteiger partial charge < -0.3 is 15.0 Å². The SMILES string of the molecule is Cc1noc([C@@H]2CC[C@H](CN)O2)n1. The minimum Gasteiger partial charge on any atom is -0.364 e. The van der Waals surface area contributed by atoms with E-state index >= 15 is 0 Å². The zero-order valence-electron chi connectivity index (χ0n) is 7.56. The maximum atomic E-state index is 5.59. The van der Waals surface area contributed by atoms with Crippen LogP contribution >= 0.6 is 0 Å². The van der Waals surface area contributed by atoms with E-state index in [1.807, 2.05) is 0 Å². The first kappa shape index (κ1) is 8.65. The summed E-state index contributed by atoms with van der Waals surface area (Å²) in [5.41, 5.74) is 5.49. The average Bonchev–Trinajstić information content (AvgIpc) is 2.71. The number of ether oxygens (including phenoxy) is 1. The van der Waals surface area contributed by atoms with Crippen LogP contribution in [0.25, 0.3) is 0 Å². The molecule has 2 N–H and O–H groups in total. The van der Waals surface area contributed by atoms with Gasteiger partial charge in [-0.1, -0.05) is 5.16 Å². The molecule has 1 aromatic heterocycles. The minimum absolute atomic E-state index is 0.0465. The summed E-state index contributed by atoms with van der Waals surface area (Å²) in [5, 5.41) is 3.71. The van der Waals surface area contributed by atoms with Crippen LogP contribution in [0.2, 0.25) is 0 Å². The van der Waals surface area contributed by atoms with E-state index in [2.05, 4.69) is 10.1 Å². The van der Waals surface area contributed by atoms with E-state index in [1.165, 1.54) is 0 Å². The summed E-state index contributed by atoms with van der Waals surface area (Å²) in [6.45, 7) is 2.35. The fraction of sp³-hybridized carbons (Fsp3) is 0.750. The first-order chi connectivity index (χ1) is 6.29. The van der Waals surface area contributed by atoms with E-state index in [0.29, 0.717) is 18.3 Å². The second kappa shape index (κ2) is 3.43. The van der Waals surface area contributed by atoms with Crippen molar-refractivity contribution in [3.05, 3.63) is 11.7 Å². The highest BCUT2D eigenvalue weighted by Gasteiger charge is 2.29. The van der Waals surface area contributed by atoms with Gasteiger partial charge in [0.2, 0.25) is 0 Å². The number of aromatic nitrogens is 2. The largest absolute Gasteiger partial charge is 0.364 e. The molecule has 2 atom stereocenters. The van der Waals surface area contributed by atoms with Crippen LogP contribution in [0.3, 0.4) is 0 Å². The Morgan fingerprint density at radius 3 is 2.92 bits per heavy atom. The molecule has 2 heterocycles. The quantitative estimate of drug-likeness (QED) is 0.725. The summed E-state index contributed by atoms with van der Waals surface area (Å²) in [6.07, 6.45) is 2.00. The molecule has 0 bridgehead atoms. The molecule has 0 amide bonds. The molecule has 1 fully saturated rings. The molecule has 2 rings (SSSR count). The summed E-state index contributed by atoms with van der Waals surface area (Å²) in [5.74, 6) is 1.23. The molecular formula is C8H13N3O2. The highest BCUT2D eigenvalue weighted by atomic mass is 16.5. The Kier molecular flexibility index (Phi) is 2.28. The van der Waals surface area contributed by atoms with Gasteiger partial charge in [0.05, 0.1) is 6.10 Å². The van der Waals surface area contributed by atoms with Gasteiger partial charge in [-0.25, -0.2) is 0 Å². The Balaban J connectivity index is 2.03. The van der Waals surface area contributed by atoms with Crippen molar-refractivity contribution >= 4 is 0 Å². The molecule has 0 aromatic carbocycles. The van der Waals surface area contributed by atoms with E-state index in [9.17, 15) is 0 Å². The fourth-order valence-corrected chi connectivity index (χ4v) is 1.50. The standard InChI is InChI=1S/C8H13N3O2/c1-5-10-8(13-11-5)7-3-2-6(4-9)12-7/h6-7H,2-4,9H2,1H3/t6-,7+/m1/s1. The van der Waals surface area contributed by atoms with Crippen LogP contribution in [0.15, 0.2) is 4.52 Å². The molecule has 5 nitrogen and oxygen atoms in total. The number of aryl methyl sites for hydroxylation is 1. The third-order valence-corrected chi connectivity index (χ3v) is 2.19. The highest BCUT2D eigenvalue weighted by Crippen LogP contribution is 2.30. The summed E-state index contributed by atoms with van der Waals surface area (Å²) < 4.78 is 10.6. The van der Waals surface area contributed by atoms with E-state index in [-0.39, 0.29) is 12.2 Å². The number of rotatable bonds is 2. The Morgan fingerprint density at radius 1 is 1.54 bits per heavy atom. The lowest BCUT2D eigenvalue weighted by atomic mass is 10.2. The second-order valence-corrected chi connectivity index (χ2v) is 3.24. The Labute approximate surface area is 76.3 Å². The van der Waals surface area contributed by atoms with Gasteiger partial charge in [0.25, 0.3) is 5.89 Å². The first-order valence-corrected chi connectivity index (χ1v) is 4.45. The van der Waals surface area contributed by atoms with Gasteiger partial charge in [-0.3, -0.25) is 0 Å². The lowest BCUT2D eigenvalue weighted by Crippen LogP contribution is -2.18. The molecule has 0 unspecified atom stereocenters. The van der Waals surface area contributed by atoms with Crippen molar-refractivity contribution in [2.45, 2.75) is 32.0 Å². The Hall–Kier alpha value is -0.940. The zero-order valence-corrected chi connectivity index (χ0v) is 7.56. The number of hydrogen-bond acceptors (Lipinski definition) is 5. The zero-order chi connectivity index (χ0) is 9.26. The maximum absolute atomic E-state index is 5.59. The molecule has 1 aliphatic heterocycles. The van der Waals surface area contributed by atoms with Gasteiger partial charge in [-0.15, -0.1) is 0 Å². The van der Waals surface area contributed by atoms with Crippen molar-refractivity contribution in [3.63, 3.8) is 0 Å². The van der Waals surface area contributed by atoms with Crippen molar-refractivity contribution in [2.75, 3.05) is 6.54 Å². The van der Waals surface area contributed by atoms with Crippen molar-refractivity contribution in [1.82, 2.24) is 10.1 Å². The van der Waals surface area contributed by atoms with E-state index < -0.39 is 0 Å². The van der Waals surface area contributed by atoms with Crippen LogP contribution in [0.1, 0.15) is 30.7 Å². The van der Waals surface area contributed by atoms with Crippen LogP contribution in [0.4, 0.5) is 0 Å². The normalized spacial score (nSPS) is 28.2. The lowest BCUT2D eigenvalue weighted by Gasteiger charge is -2.07.